The van der Waals surface area contributed by atoms with Crippen LogP contribution < -0.4 is 10.6 Å². The molecule has 1 saturated heterocycles. The summed E-state index contributed by atoms with van der Waals surface area (Å²) in [4.78, 5) is 31.3. The van der Waals surface area contributed by atoms with Crippen LogP contribution >= 0.6 is 0 Å². The molecule has 1 aliphatic heterocycles. The Morgan fingerprint density at radius 3 is 2.48 bits per heavy atom. The molecule has 0 aliphatic carbocycles. The molecule has 3 atom stereocenters. The van der Waals surface area contributed by atoms with Crippen molar-refractivity contribution >= 4 is 22.7 Å². The summed E-state index contributed by atoms with van der Waals surface area (Å²) in [6.07, 6.45) is -2.88. The third-order valence-electron chi connectivity index (χ3n) is 7.76. The van der Waals surface area contributed by atoms with E-state index in [0.717, 1.165) is 18.4 Å². The minimum Gasteiger partial charge on any atom is -0.361 e. The molecule has 3 heterocycles. The smallest absolute Gasteiger partial charge is 0.361 e. The summed E-state index contributed by atoms with van der Waals surface area (Å²) < 4.78 is 42.7. The molecule has 40 heavy (non-hydrogen) atoms. The predicted octanol–water partition coefficient (Wildman–Crippen LogP) is 5.40. The summed E-state index contributed by atoms with van der Waals surface area (Å²) in [6.45, 7) is 15.0. The van der Waals surface area contributed by atoms with Gasteiger partial charge in [-0.1, -0.05) is 32.6 Å². The predicted molar refractivity (Wildman–Crippen MR) is 151 cm³/mol. The van der Waals surface area contributed by atoms with E-state index >= 15 is 0 Å². The van der Waals surface area contributed by atoms with Gasteiger partial charge in [0, 0.05) is 44.8 Å². The number of alkyl halides is 3. The van der Waals surface area contributed by atoms with Crippen molar-refractivity contribution in [2.45, 2.75) is 64.5 Å². The number of anilines is 1. The highest BCUT2D eigenvalue weighted by Crippen LogP contribution is 2.38. The van der Waals surface area contributed by atoms with Crippen LogP contribution in [0.4, 0.5) is 24.8 Å². The Morgan fingerprint density at radius 1 is 1.15 bits per heavy atom. The fraction of sp³-hybridized carbons (Fsp3) is 0.517. The summed E-state index contributed by atoms with van der Waals surface area (Å²) >= 11 is 0. The average Bonchev–Trinajstić information content (AvgIpc) is 2.90. The normalized spacial score (nSPS) is 19.3. The number of piperazine rings is 1. The number of nitrogens with zero attached hydrogens (tertiary/aromatic N) is 7. The second-order valence-corrected chi connectivity index (χ2v) is 10.8. The Hall–Kier alpha value is -3.49. The van der Waals surface area contributed by atoms with Crippen molar-refractivity contribution in [2.75, 3.05) is 32.1 Å². The number of aromatic nitrogens is 3. The molecule has 0 bridgehead atoms. The van der Waals surface area contributed by atoms with Crippen LogP contribution in [0.1, 0.15) is 56.3 Å². The Morgan fingerprint density at radius 2 is 1.88 bits per heavy atom. The molecule has 1 unspecified atom stereocenters. The van der Waals surface area contributed by atoms with Crippen LogP contribution in [0.15, 0.2) is 35.1 Å². The molecule has 0 N–H and O–H groups in total. The van der Waals surface area contributed by atoms with Gasteiger partial charge in [0.25, 0.3) is 5.82 Å². The van der Waals surface area contributed by atoms with Gasteiger partial charge in [0.2, 0.25) is 5.52 Å². The summed E-state index contributed by atoms with van der Waals surface area (Å²) in [5, 5.41) is 0. The van der Waals surface area contributed by atoms with Gasteiger partial charge in [-0.3, -0.25) is 9.47 Å². The minimum absolute atomic E-state index is 0.0608. The van der Waals surface area contributed by atoms with Crippen molar-refractivity contribution in [2.24, 2.45) is 7.05 Å². The lowest BCUT2D eigenvalue weighted by Crippen LogP contribution is -2.58. The Balaban J connectivity index is 1.72. The number of hydrogen-bond donors (Lipinski definition) is 0. The molecule has 8 nitrogen and oxygen atoms in total. The molecule has 0 amide bonds. The van der Waals surface area contributed by atoms with Crippen molar-refractivity contribution in [1.82, 2.24) is 24.3 Å². The van der Waals surface area contributed by atoms with Gasteiger partial charge < -0.3 is 14.6 Å². The maximum Gasteiger partial charge on any atom is 0.416 e. The fourth-order valence-electron chi connectivity index (χ4n) is 5.80. The van der Waals surface area contributed by atoms with Gasteiger partial charge in [0.05, 0.1) is 11.1 Å². The first kappa shape index (κ1) is 29.5. The molecule has 214 valence electrons. The Bertz CT molecular complexity index is 1480. The monoisotopic (exact) mass is 555 g/mol. The lowest BCUT2D eigenvalue weighted by Gasteiger charge is -2.48. The number of fused-ring (bicyclic) bond motifs is 1. The third-order valence-corrected chi connectivity index (χ3v) is 7.76. The van der Waals surface area contributed by atoms with Crippen LogP contribution in [-0.2, 0) is 19.8 Å². The zero-order valence-electron chi connectivity index (χ0n) is 23.8. The molecule has 0 saturated carbocycles. The van der Waals surface area contributed by atoms with Crippen LogP contribution in [0.3, 0.4) is 0 Å². The number of halogens is 3. The van der Waals surface area contributed by atoms with E-state index in [9.17, 15) is 18.0 Å². The zero-order chi connectivity index (χ0) is 29.4. The molecular formula is C29H36F3N7O. The van der Waals surface area contributed by atoms with Crippen LogP contribution in [-0.4, -0.2) is 63.6 Å². The van der Waals surface area contributed by atoms with Gasteiger partial charge in [-0.15, -0.1) is 4.98 Å². The summed E-state index contributed by atoms with van der Waals surface area (Å²) in [7, 11) is 5.17. The second-order valence-electron chi connectivity index (χ2n) is 10.8. The van der Waals surface area contributed by atoms with Crippen molar-refractivity contribution in [3.05, 3.63) is 68.9 Å². The van der Waals surface area contributed by atoms with E-state index in [1.54, 1.807) is 50.3 Å². The molecule has 11 heteroatoms. The number of aryl methyl sites for hydroxylation is 1. The number of pyridine rings is 1. The summed E-state index contributed by atoms with van der Waals surface area (Å²) in [5.74, 6) is 0.694. The lowest BCUT2D eigenvalue weighted by atomic mass is 9.93. The lowest BCUT2D eigenvalue weighted by molar-refractivity contribution is -0.138. The molecule has 0 radical (unpaired) electrons. The fourth-order valence-corrected chi connectivity index (χ4v) is 5.80. The van der Waals surface area contributed by atoms with Gasteiger partial charge in [0.15, 0.2) is 5.82 Å². The third kappa shape index (κ3) is 5.69. The van der Waals surface area contributed by atoms with E-state index in [4.69, 9.17) is 6.57 Å². The SMILES string of the molecule is [C-]#[N+]c1ccc2c(n1)c(N1C[C@@H](CC)N(C(CC)c3ccc(C(F)(F)F)c(CN(C)C)c3)C[C@@H]1C)nc(=O)n2C. The number of rotatable bonds is 7. The van der Waals surface area contributed by atoms with Crippen molar-refractivity contribution in [3.8, 4) is 0 Å². The van der Waals surface area contributed by atoms with Crippen LogP contribution in [0, 0.1) is 6.57 Å². The average molecular weight is 556 g/mol. The van der Waals surface area contributed by atoms with Gasteiger partial charge in [-0.05, 0) is 63.2 Å². The second kappa shape index (κ2) is 11.6. The molecule has 3 aromatic rings. The van der Waals surface area contributed by atoms with E-state index in [-0.39, 0.29) is 36.1 Å². The highest BCUT2D eigenvalue weighted by Gasteiger charge is 2.38. The molecule has 0 spiro atoms. The maximum atomic E-state index is 13.8. The zero-order valence-corrected chi connectivity index (χ0v) is 23.8. The molecule has 2 aromatic heterocycles. The van der Waals surface area contributed by atoms with E-state index in [2.05, 4.69) is 45.4 Å². The van der Waals surface area contributed by atoms with Crippen LogP contribution in [0.2, 0.25) is 0 Å². The van der Waals surface area contributed by atoms with E-state index in [0.29, 0.717) is 29.9 Å². The maximum absolute atomic E-state index is 13.8. The number of hydrogen-bond acceptors (Lipinski definition) is 6. The van der Waals surface area contributed by atoms with Gasteiger partial charge >= 0.3 is 11.9 Å². The molecule has 4 rings (SSSR count). The van der Waals surface area contributed by atoms with E-state index < -0.39 is 17.4 Å². The van der Waals surface area contributed by atoms with Crippen LogP contribution in [0.25, 0.3) is 15.9 Å². The van der Waals surface area contributed by atoms with Crippen molar-refractivity contribution in [1.29, 1.82) is 0 Å². The standard InChI is InChI=1S/C29H36F3N7O/c1-8-21-17-38(27-26-24(37(7)28(40)35-27)12-13-25(33-4)34-26)18(3)15-39(21)23(9-2)19-10-11-22(29(30,31)32)20(14-19)16-36(5)6/h10-14,18,21,23H,8-9,15-17H2,1-3,5-7H3/t18-,21+,23?/m0/s1. The first-order valence-electron chi connectivity index (χ1n) is 13.5. The summed E-state index contributed by atoms with van der Waals surface area (Å²) in [6, 6.07) is 7.79. The van der Waals surface area contributed by atoms with E-state index in [1.165, 1.54) is 10.6 Å². The van der Waals surface area contributed by atoms with Crippen molar-refractivity contribution < 1.29 is 13.2 Å². The number of benzene rings is 1. The first-order chi connectivity index (χ1) is 18.9. The Labute approximate surface area is 232 Å². The summed E-state index contributed by atoms with van der Waals surface area (Å²) in [5.41, 5.74) is 1.26. The molecule has 1 aliphatic rings. The quantitative estimate of drug-likeness (QED) is 0.364. The molecule has 1 fully saturated rings. The topological polar surface area (TPSA) is 61.9 Å². The molecular weight excluding hydrogens is 519 g/mol. The first-order valence-corrected chi connectivity index (χ1v) is 13.5. The molecule has 1 aromatic carbocycles. The largest absolute Gasteiger partial charge is 0.416 e. The highest BCUT2D eigenvalue weighted by atomic mass is 19.4. The van der Waals surface area contributed by atoms with Gasteiger partial charge in [0.1, 0.15) is 0 Å². The van der Waals surface area contributed by atoms with Gasteiger partial charge in [-0.25, -0.2) is 4.79 Å². The minimum atomic E-state index is -4.42. The van der Waals surface area contributed by atoms with Crippen molar-refractivity contribution in [3.63, 3.8) is 0 Å². The van der Waals surface area contributed by atoms with Gasteiger partial charge in [-0.2, -0.15) is 18.2 Å². The van der Waals surface area contributed by atoms with E-state index in [1.807, 2.05) is 0 Å². The highest BCUT2D eigenvalue weighted by molar-refractivity contribution is 5.87. The Kier molecular flexibility index (Phi) is 8.52. The van der Waals surface area contributed by atoms with Crippen LogP contribution in [0.5, 0.6) is 0 Å².